The summed E-state index contributed by atoms with van der Waals surface area (Å²) in [6.07, 6.45) is 1.42. The molecular weight excluding hydrogens is 520 g/mol. The Labute approximate surface area is 239 Å². The summed E-state index contributed by atoms with van der Waals surface area (Å²) in [5.41, 5.74) is 3.17. The van der Waals surface area contributed by atoms with Gasteiger partial charge in [-0.15, -0.1) is 0 Å². The maximum Gasteiger partial charge on any atom is 0.340 e. The quantitative estimate of drug-likeness (QED) is 0.245. The Hall–Kier alpha value is -4.63. The molecule has 1 aliphatic rings. The number of methoxy groups -OCH3 is 1. The number of hydrogen-bond donors (Lipinski definition) is 3. The number of ether oxygens (including phenoxy) is 1. The number of aromatic nitrogens is 1. The van der Waals surface area contributed by atoms with E-state index in [1.54, 1.807) is 26.0 Å². The number of urea groups is 1. The molecule has 2 amide bonds. The maximum absolute atomic E-state index is 12.8. The highest BCUT2D eigenvalue weighted by atomic mass is 16.5. The number of aryl methyl sites for hydroxylation is 2. The smallest absolute Gasteiger partial charge is 0.340 e. The Kier molecular flexibility index (Phi) is 8.07. The fourth-order valence-electron chi connectivity index (χ4n) is 5.66. The molecule has 1 aromatic heterocycles. The number of piperidine rings is 1. The molecule has 0 spiro atoms. The average molecular weight is 555 g/mol. The van der Waals surface area contributed by atoms with E-state index in [9.17, 15) is 14.7 Å². The minimum Gasteiger partial charge on any atom is -0.465 e. The van der Waals surface area contributed by atoms with Gasteiger partial charge in [0.15, 0.2) is 5.76 Å². The van der Waals surface area contributed by atoms with Crippen molar-refractivity contribution in [2.75, 3.05) is 35.7 Å². The van der Waals surface area contributed by atoms with Gasteiger partial charge >= 0.3 is 12.0 Å². The Morgan fingerprint density at radius 3 is 2.10 bits per heavy atom. The average Bonchev–Trinajstić information content (AvgIpc) is 3.33. The van der Waals surface area contributed by atoms with Crippen LogP contribution in [0.4, 0.5) is 21.9 Å². The van der Waals surface area contributed by atoms with Crippen LogP contribution in [0.1, 0.15) is 45.8 Å². The van der Waals surface area contributed by atoms with E-state index < -0.39 is 17.6 Å². The second kappa shape index (κ2) is 11.9. The first-order valence-electron chi connectivity index (χ1n) is 13.6. The number of amides is 2. The first-order chi connectivity index (χ1) is 19.8. The Morgan fingerprint density at radius 1 is 0.951 bits per heavy atom. The molecule has 3 aromatic carbocycles. The van der Waals surface area contributed by atoms with E-state index in [1.165, 1.54) is 7.11 Å². The summed E-state index contributed by atoms with van der Waals surface area (Å²) in [4.78, 5) is 27.6. The molecule has 0 atom stereocenters. The van der Waals surface area contributed by atoms with Gasteiger partial charge in [0, 0.05) is 18.8 Å². The molecule has 3 N–H and O–H groups in total. The van der Waals surface area contributed by atoms with Gasteiger partial charge in [-0.05, 0) is 61.9 Å². The predicted molar refractivity (Wildman–Crippen MR) is 157 cm³/mol. The number of carbonyl (C=O) groups excluding carboxylic acids is 2. The molecule has 1 aliphatic heterocycles. The molecule has 41 heavy (non-hydrogen) atoms. The molecule has 1 saturated heterocycles. The third kappa shape index (κ3) is 5.67. The van der Waals surface area contributed by atoms with Crippen molar-refractivity contribution in [1.82, 2.24) is 5.16 Å². The third-order valence-electron chi connectivity index (χ3n) is 7.79. The fourth-order valence-corrected chi connectivity index (χ4v) is 5.66. The van der Waals surface area contributed by atoms with Gasteiger partial charge in [-0.25, -0.2) is 9.59 Å². The van der Waals surface area contributed by atoms with Gasteiger partial charge in [0.1, 0.15) is 17.0 Å². The molecule has 0 unspecified atom stereocenters. The van der Waals surface area contributed by atoms with Crippen molar-refractivity contribution >= 4 is 29.1 Å². The molecule has 4 aromatic rings. The topological polar surface area (TPSA) is 117 Å². The van der Waals surface area contributed by atoms with E-state index in [1.807, 2.05) is 66.7 Å². The van der Waals surface area contributed by atoms with Crippen LogP contribution in [0.15, 0.2) is 83.4 Å². The van der Waals surface area contributed by atoms with Crippen molar-refractivity contribution in [2.24, 2.45) is 5.92 Å². The van der Waals surface area contributed by atoms with E-state index >= 15 is 0 Å². The Bertz CT molecular complexity index is 1450. The van der Waals surface area contributed by atoms with Gasteiger partial charge in [0.05, 0.1) is 18.4 Å². The van der Waals surface area contributed by atoms with Crippen LogP contribution in [0, 0.1) is 19.8 Å². The molecule has 0 bridgehead atoms. The van der Waals surface area contributed by atoms with Crippen LogP contribution in [0.25, 0.3) is 0 Å². The lowest BCUT2D eigenvalue weighted by atomic mass is 9.72. The molecule has 212 valence electrons. The van der Waals surface area contributed by atoms with Crippen molar-refractivity contribution in [3.8, 4) is 0 Å². The lowest BCUT2D eigenvalue weighted by Crippen LogP contribution is -2.44. The van der Waals surface area contributed by atoms with Crippen molar-refractivity contribution in [3.05, 3.63) is 107 Å². The number of anilines is 3. The molecule has 1 fully saturated rings. The second-order valence-corrected chi connectivity index (χ2v) is 10.3. The predicted octanol–water partition coefficient (Wildman–Crippen LogP) is 5.87. The van der Waals surface area contributed by atoms with Crippen LogP contribution in [0.3, 0.4) is 0 Å². The minimum absolute atomic E-state index is 0.0286. The molecule has 0 aliphatic carbocycles. The Balaban J connectivity index is 1.35. The first kappa shape index (κ1) is 27.9. The monoisotopic (exact) mass is 554 g/mol. The van der Waals surface area contributed by atoms with Crippen LogP contribution in [0.2, 0.25) is 0 Å². The largest absolute Gasteiger partial charge is 0.465 e. The van der Waals surface area contributed by atoms with Gasteiger partial charge in [-0.1, -0.05) is 65.8 Å². The number of nitrogens with one attached hydrogen (secondary N) is 2. The van der Waals surface area contributed by atoms with Gasteiger partial charge in [0.25, 0.3) is 0 Å². The standard InChI is InChI=1S/C32H34N4O5/c1-21-29(22(2)41-35-21)34-31(38)33-26-14-15-28(27(20-26)30(37)40-3)36-18-16-25(17-19-36)32(39,23-10-6-4-7-11-23)24-12-8-5-9-13-24/h4-15,20,25,39H,16-19H2,1-3H3,(H2,33,34,38). The SMILES string of the molecule is COC(=O)c1cc(NC(=O)Nc2c(C)noc2C)ccc1N1CCC(C(O)(c2ccccc2)c2ccccc2)CC1. The summed E-state index contributed by atoms with van der Waals surface area (Å²) in [6, 6.07) is 24.3. The number of benzene rings is 3. The molecular formula is C32H34N4O5. The van der Waals surface area contributed by atoms with E-state index in [-0.39, 0.29) is 5.92 Å². The number of esters is 1. The zero-order valence-corrected chi connectivity index (χ0v) is 23.4. The van der Waals surface area contributed by atoms with Crippen LogP contribution in [0.5, 0.6) is 0 Å². The van der Waals surface area contributed by atoms with Crippen molar-refractivity contribution in [1.29, 1.82) is 0 Å². The fraction of sp³-hybridized carbons (Fsp3) is 0.281. The van der Waals surface area contributed by atoms with E-state index in [0.29, 0.717) is 54.3 Å². The van der Waals surface area contributed by atoms with Crippen LogP contribution in [-0.4, -0.2) is 42.5 Å². The zero-order valence-electron chi connectivity index (χ0n) is 23.4. The summed E-state index contributed by atoms with van der Waals surface area (Å²) in [5, 5.41) is 21.6. The van der Waals surface area contributed by atoms with Crippen LogP contribution < -0.4 is 15.5 Å². The van der Waals surface area contributed by atoms with Crippen molar-refractivity contribution < 1.29 is 24.0 Å². The van der Waals surface area contributed by atoms with Crippen molar-refractivity contribution in [2.45, 2.75) is 32.3 Å². The molecule has 0 radical (unpaired) electrons. The van der Waals surface area contributed by atoms with Gasteiger partial charge in [-0.3, -0.25) is 0 Å². The molecule has 9 heteroatoms. The van der Waals surface area contributed by atoms with E-state index in [2.05, 4.69) is 20.7 Å². The third-order valence-corrected chi connectivity index (χ3v) is 7.79. The van der Waals surface area contributed by atoms with Crippen molar-refractivity contribution in [3.63, 3.8) is 0 Å². The zero-order chi connectivity index (χ0) is 29.0. The lowest BCUT2D eigenvalue weighted by Gasteiger charge is -2.43. The van der Waals surface area contributed by atoms with E-state index in [0.717, 1.165) is 16.8 Å². The van der Waals surface area contributed by atoms with Crippen LogP contribution >= 0.6 is 0 Å². The summed E-state index contributed by atoms with van der Waals surface area (Å²) >= 11 is 0. The Morgan fingerprint density at radius 2 is 1.56 bits per heavy atom. The highest BCUT2D eigenvalue weighted by Crippen LogP contribution is 2.43. The number of nitrogens with zero attached hydrogens (tertiary/aromatic N) is 2. The maximum atomic E-state index is 12.8. The highest BCUT2D eigenvalue weighted by Gasteiger charge is 2.41. The van der Waals surface area contributed by atoms with Gasteiger partial charge < -0.3 is 29.9 Å². The lowest BCUT2D eigenvalue weighted by molar-refractivity contribution is 0.00502. The number of rotatable bonds is 7. The number of carbonyl (C=O) groups is 2. The summed E-state index contributed by atoms with van der Waals surface area (Å²) < 4.78 is 10.2. The molecule has 9 nitrogen and oxygen atoms in total. The minimum atomic E-state index is -1.14. The van der Waals surface area contributed by atoms with E-state index in [4.69, 9.17) is 9.26 Å². The molecule has 0 saturated carbocycles. The number of aliphatic hydroxyl groups is 1. The first-order valence-corrected chi connectivity index (χ1v) is 13.6. The molecule has 5 rings (SSSR count). The van der Waals surface area contributed by atoms with Gasteiger partial charge in [0.2, 0.25) is 0 Å². The van der Waals surface area contributed by atoms with Crippen LogP contribution in [-0.2, 0) is 10.3 Å². The second-order valence-electron chi connectivity index (χ2n) is 10.3. The van der Waals surface area contributed by atoms with Gasteiger partial charge in [-0.2, -0.15) is 0 Å². The molecule has 2 heterocycles. The summed E-state index contributed by atoms with van der Waals surface area (Å²) in [5.74, 6) is -0.0286. The summed E-state index contributed by atoms with van der Waals surface area (Å²) in [6.45, 7) is 4.72. The normalized spacial score (nSPS) is 14.0. The summed E-state index contributed by atoms with van der Waals surface area (Å²) in [7, 11) is 1.34. The highest BCUT2D eigenvalue weighted by molar-refractivity contribution is 6.02. The number of hydrogen-bond acceptors (Lipinski definition) is 7.